The molecule has 0 aliphatic heterocycles. The van der Waals surface area contributed by atoms with Gasteiger partial charge in [0.15, 0.2) is 0 Å². The molecule has 1 aromatic heterocycles. The number of carbonyl (C=O) groups is 1. The number of nitrogens with one attached hydrogen (secondary N) is 1. The molecule has 0 fully saturated rings. The Labute approximate surface area is 191 Å². The molecular weight excluding hydrogens is 422 g/mol. The van der Waals surface area contributed by atoms with E-state index in [1.165, 1.54) is 11.8 Å². The Morgan fingerprint density at radius 2 is 1.72 bits per heavy atom. The topological polar surface area (TPSA) is 77.2 Å². The first-order chi connectivity index (χ1) is 15.6. The Morgan fingerprint density at radius 3 is 2.44 bits per heavy atom. The van der Waals surface area contributed by atoms with Crippen LogP contribution in [0.4, 0.5) is 5.69 Å². The number of ether oxygens (including phenoxy) is 1. The molecule has 3 aromatic carbocycles. The Bertz CT molecular complexity index is 1160. The van der Waals surface area contributed by atoms with E-state index in [0.29, 0.717) is 23.4 Å². The fraction of sp³-hybridized carbons (Fsp3) is 0.160. The average molecular weight is 446 g/mol. The molecule has 4 aromatic rings. The van der Waals surface area contributed by atoms with Crippen molar-refractivity contribution in [1.82, 2.24) is 10.2 Å². The minimum atomic E-state index is -0.407. The number of aryl methyl sites for hydroxylation is 1. The highest BCUT2D eigenvalue weighted by Gasteiger charge is 2.19. The van der Waals surface area contributed by atoms with E-state index >= 15 is 0 Å². The molecule has 0 aliphatic carbocycles. The van der Waals surface area contributed by atoms with E-state index in [9.17, 15) is 4.79 Å². The van der Waals surface area contributed by atoms with E-state index in [1.54, 1.807) is 6.92 Å². The van der Waals surface area contributed by atoms with Gasteiger partial charge in [-0.15, -0.1) is 10.2 Å². The summed E-state index contributed by atoms with van der Waals surface area (Å²) in [6.45, 7) is 4.31. The molecular formula is C25H23N3O3S. The summed E-state index contributed by atoms with van der Waals surface area (Å²) in [7, 11) is 0. The summed E-state index contributed by atoms with van der Waals surface area (Å²) in [6, 6.07) is 25.1. The van der Waals surface area contributed by atoms with Crippen molar-refractivity contribution in [2.24, 2.45) is 0 Å². The number of aromatic nitrogens is 2. The van der Waals surface area contributed by atoms with Crippen molar-refractivity contribution >= 4 is 23.4 Å². The fourth-order valence-corrected chi connectivity index (χ4v) is 3.58. The lowest BCUT2D eigenvalue weighted by molar-refractivity contribution is -0.115. The lowest BCUT2D eigenvalue weighted by atomic mass is 10.1. The van der Waals surface area contributed by atoms with E-state index in [2.05, 4.69) is 15.5 Å². The molecule has 32 heavy (non-hydrogen) atoms. The van der Waals surface area contributed by atoms with Crippen molar-refractivity contribution in [1.29, 1.82) is 0 Å². The SMILES string of the molecule is Cc1ccc(-c2nnc(S[C@@H](C)C(=O)Nc3ccc(OCc4ccccc4)cc3)o2)cc1. The van der Waals surface area contributed by atoms with Crippen molar-refractivity contribution in [2.45, 2.75) is 30.9 Å². The van der Waals surface area contributed by atoms with Crippen LogP contribution in [0.15, 0.2) is 88.5 Å². The quantitative estimate of drug-likeness (QED) is 0.348. The molecule has 0 saturated heterocycles. The van der Waals surface area contributed by atoms with Gasteiger partial charge in [-0.1, -0.05) is 59.8 Å². The summed E-state index contributed by atoms with van der Waals surface area (Å²) in [4.78, 5) is 12.6. The molecule has 0 aliphatic rings. The zero-order valence-electron chi connectivity index (χ0n) is 17.8. The molecule has 0 spiro atoms. The molecule has 0 bridgehead atoms. The molecule has 1 atom stereocenters. The van der Waals surface area contributed by atoms with Gasteiger partial charge in [-0.2, -0.15) is 0 Å². The Balaban J connectivity index is 1.29. The van der Waals surface area contributed by atoms with Gasteiger partial charge in [-0.05, 0) is 55.8 Å². The van der Waals surface area contributed by atoms with Gasteiger partial charge in [0.1, 0.15) is 12.4 Å². The maximum absolute atomic E-state index is 12.6. The molecule has 162 valence electrons. The van der Waals surface area contributed by atoms with Gasteiger partial charge >= 0.3 is 0 Å². The number of anilines is 1. The number of nitrogens with zero attached hydrogens (tertiary/aromatic N) is 2. The number of hydrogen-bond donors (Lipinski definition) is 1. The number of hydrogen-bond acceptors (Lipinski definition) is 6. The summed E-state index contributed by atoms with van der Waals surface area (Å²) in [5.74, 6) is 1.03. The van der Waals surface area contributed by atoms with Crippen LogP contribution in [0, 0.1) is 6.92 Å². The van der Waals surface area contributed by atoms with Gasteiger partial charge < -0.3 is 14.5 Å². The van der Waals surface area contributed by atoms with Gasteiger partial charge in [0.25, 0.3) is 5.22 Å². The summed E-state index contributed by atoms with van der Waals surface area (Å²) in [5, 5.41) is 11.0. The Hall–Kier alpha value is -3.58. The van der Waals surface area contributed by atoms with Crippen LogP contribution in [0.2, 0.25) is 0 Å². The number of rotatable bonds is 8. The predicted molar refractivity (Wildman–Crippen MR) is 126 cm³/mol. The summed E-state index contributed by atoms with van der Waals surface area (Å²) in [6.07, 6.45) is 0. The maximum atomic E-state index is 12.6. The fourth-order valence-electron chi connectivity index (χ4n) is 2.89. The third-order valence-electron chi connectivity index (χ3n) is 4.72. The van der Waals surface area contributed by atoms with Crippen LogP contribution in [0.25, 0.3) is 11.5 Å². The van der Waals surface area contributed by atoms with Crippen molar-refractivity contribution in [3.05, 3.63) is 90.0 Å². The zero-order valence-corrected chi connectivity index (χ0v) is 18.6. The first kappa shape index (κ1) is 21.6. The molecule has 1 heterocycles. The highest BCUT2D eigenvalue weighted by Crippen LogP contribution is 2.27. The van der Waals surface area contributed by atoms with Crippen LogP contribution in [0.1, 0.15) is 18.1 Å². The standard InChI is InChI=1S/C25H23N3O3S/c1-17-8-10-20(11-9-17)24-27-28-25(31-24)32-18(2)23(29)26-21-12-14-22(15-13-21)30-16-19-6-4-3-5-7-19/h3-15,18H,16H2,1-2H3,(H,26,29)/t18-/m0/s1. The molecule has 0 saturated carbocycles. The van der Waals surface area contributed by atoms with Gasteiger partial charge in [0.2, 0.25) is 11.8 Å². The van der Waals surface area contributed by atoms with Crippen molar-refractivity contribution in [2.75, 3.05) is 5.32 Å². The normalized spacial score (nSPS) is 11.7. The van der Waals surface area contributed by atoms with Crippen LogP contribution >= 0.6 is 11.8 Å². The summed E-state index contributed by atoms with van der Waals surface area (Å²) < 4.78 is 11.5. The van der Waals surface area contributed by atoms with Crippen LogP contribution in [0.5, 0.6) is 5.75 Å². The van der Waals surface area contributed by atoms with E-state index in [4.69, 9.17) is 9.15 Å². The van der Waals surface area contributed by atoms with E-state index in [1.807, 2.05) is 85.8 Å². The van der Waals surface area contributed by atoms with Gasteiger partial charge in [-0.3, -0.25) is 4.79 Å². The van der Waals surface area contributed by atoms with Crippen molar-refractivity contribution in [3.8, 4) is 17.2 Å². The maximum Gasteiger partial charge on any atom is 0.277 e. The Morgan fingerprint density at radius 1 is 1.00 bits per heavy atom. The van der Waals surface area contributed by atoms with Crippen LogP contribution in [-0.2, 0) is 11.4 Å². The minimum absolute atomic E-state index is 0.150. The average Bonchev–Trinajstić information content (AvgIpc) is 3.28. The zero-order chi connectivity index (χ0) is 22.3. The highest BCUT2D eigenvalue weighted by molar-refractivity contribution is 8.00. The van der Waals surface area contributed by atoms with Gasteiger partial charge in [0.05, 0.1) is 5.25 Å². The highest BCUT2D eigenvalue weighted by atomic mass is 32.2. The van der Waals surface area contributed by atoms with Gasteiger partial charge in [0, 0.05) is 11.3 Å². The van der Waals surface area contributed by atoms with E-state index in [-0.39, 0.29) is 5.91 Å². The summed E-state index contributed by atoms with van der Waals surface area (Å²) >= 11 is 1.22. The third-order valence-corrected chi connectivity index (χ3v) is 5.66. The molecule has 6 nitrogen and oxygen atoms in total. The molecule has 0 radical (unpaired) electrons. The van der Waals surface area contributed by atoms with E-state index < -0.39 is 5.25 Å². The van der Waals surface area contributed by atoms with Crippen molar-refractivity contribution in [3.63, 3.8) is 0 Å². The van der Waals surface area contributed by atoms with Gasteiger partial charge in [-0.25, -0.2) is 0 Å². The molecule has 1 N–H and O–H groups in total. The first-order valence-corrected chi connectivity index (χ1v) is 11.1. The number of amides is 1. The van der Waals surface area contributed by atoms with Crippen LogP contribution < -0.4 is 10.1 Å². The summed E-state index contributed by atoms with van der Waals surface area (Å²) in [5.41, 5.74) is 3.80. The van der Waals surface area contributed by atoms with Crippen LogP contribution in [0.3, 0.4) is 0 Å². The van der Waals surface area contributed by atoms with Crippen LogP contribution in [-0.4, -0.2) is 21.4 Å². The second kappa shape index (κ2) is 10.2. The monoisotopic (exact) mass is 445 g/mol. The lowest BCUT2D eigenvalue weighted by Crippen LogP contribution is -2.22. The Kier molecular flexibility index (Phi) is 6.87. The minimum Gasteiger partial charge on any atom is -0.489 e. The third kappa shape index (κ3) is 5.76. The molecule has 7 heteroatoms. The predicted octanol–water partition coefficient (Wildman–Crippen LogP) is 5.74. The first-order valence-electron chi connectivity index (χ1n) is 10.2. The number of benzene rings is 3. The molecule has 1 amide bonds. The number of thioether (sulfide) groups is 1. The second-order valence-electron chi connectivity index (χ2n) is 7.29. The largest absolute Gasteiger partial charge is 0.489 e. The smallest absolute Gasteiger partial charge is 0.277 e. The molecule has 0 unspecified atom stereocenters. The molecule has 4 rings (SSSR count). The lowest BCUT2D eigenvalue weighted by Gasteiger charge is -2.11. The number of carbonyl (C=O) groups excluding carboxylic acids is 1. The van der Waals surface area contributed by atoms with E-state index in [0.717, 1.165) is 22.4 Å². The second-order valence-corrected chi connectivity index (χ2v) is 8.58. The van der Waals surface area contributed by atoms with Crippen molar-refractivity contribution < 1.29 is 13.9 Å².